The summed E-state index contributed by atoms with van der Waals surface area (Å²) in [7, 11) is 0. The topological polar surface area (TPSA) is 86.2 Å². The van der Waals surface area contributed by atoms with Crippen LogP contribution in [0.15, 0.2) is 12.2 Å². The predicted molar refractivity (Wildman–Crippen MR) is 42.0 cm³/mol. The number of carbonyl (C=O) groups is 2. The van der Waals surface area contributed by atoms with Crippen LogP contribution in [0.4, 0.5) is 0 Å². The molecule has 0 heterocycles. The van der Waals surface area contributed by atoms with Gasteiger partial charge in [0.15, 0.2) is 0 Å². The van der Waals surface area contributed by atoms with E-state index in [-0.39, 0.29) is 24.8 Å². The van der Waals surface area contributed by atoms with E-state index in [0.717, 1.165) is 12.2 Å². The van der Waals surface area contributed by atoms with Gasteiger partial charge in [-0.1, -0.05) is 0 Å². The van der Waals surface area contributed by atoms with E-state index in [9.17, 15) is 9.59 Å². The van der Waals surface area contributed by atoms with Gasteiger partial charge >= 0.3 is 0 Å². The fraction of sp³-hybridized carbons (Fsp3) is 0. The zero-order chi connectivity index (χ0) is 6.57. The molecule has 10 heavy (non-hydrogen) atoms. The van der Waals surface area contributed by atoms with E-state index in [2.05, 4.69) is 11.5 Å². The summed E-state index contributed by atoms with van der Waals surface area (Å²) in [5, 5.41) is 0. The summed E-state index contributed by atoms with van der Waals surface area (Å²) in [5.41, 5.74) is 9.21. The highest BCUT2D eigenvalue weighted by Crippen LogP contribution is 1.65. The highest BCUT2D eigenvalue weighted by molar-refractivity contribution is 5.95. The van der Waals surface area contributed by atoms with Gasteiger partial charge < -0.3 is 11.5 Å². The van der Waals surface area contributed by atoms with Crippen LogP contribution in [0.5, 0.6) is 0 Å². The largest absolute Gasteiger partial charge is 0.366 e. The van der Waals surface area contributed by atoms with Crippen molar-refractivity contribution in [3.8, 4) is 0 Å². The minimum absolute atomic E-state index is 0. The van der Waals surface area contributed by atoms with E-state index in [4.69, 9.17) is 0 Å². The SMILES string of the molecule is Cl.Cl.NC(=O)/C=C/C(N)=O. The smallest absolute Gasteiger partial charge is 0.241 e. The molecule has 0 atom stereocenters. The Bertz CT molecular complexity index is 130. The summed E-state index contributed by atoms with van der Waals surface area (Å²) < 4.78 is 0. The Morgan fingerprint density at radius 1 is 0.900 bits per heavy atom. The van der Waals surface area contributed by atoms with E-state index in [0.29, 0.717) is 0 Å². The predicted octanol–water partition coefficient (Wildman–Crippen LogP) is -0.643. The van der Waals surface area contributed by atoms with Crippen molar-refractivity contribution in [2.24, 2.45) is 11.5 Å². The van der Waals surface area contributed by atoms with Crippen molar-refractivity contribution in [2.45, 2.75) is 0 Å². The number of amides is 2. The van der Waals surface area contributed by atoms with E-state index in [1.807, 2.05) is 0 Å². The second kappa shape index (κ2) is 8.26. The molecule has 0 saturated heterocycles. The van der Waals surface area contributed by atoms with Gasteiger partial charge in [0.2, 0.25) is 11.8 Å². The Morgan fingerprint density at radius 3 is 1.20 bits per heavy atom. The van der Waals surface area contributed by atoms with Crippen LogP contribution in [0, 0.1) is 0 Å². The number of hydrogen-bond donors (Lipinski definition) is 2. The highest BCUT2D eigenvalue weighted by Gasteiger charge is 1.83. The Labute approximate surface area is 70.5 Å². The van der Waals surface area contributed by atoms with Gasteiger partial charge in [0, 0.05) is 12.2 Å². The van der Waals surface area contributed by atoms with Crippen molar-refractivity contribution in [3.63, 3.8) is 0 Å². The lowest BCUT2D eigenvalue weighted by Gasteiger charge is -1.76. The maximum Gasteiger partial charge on any atom is 0.241 e. The van der Waals surface area contributed by atoms with Crippen LogP contribution in [-0.2, 0) is 9.59 Å². The van der Waals surface area contributed by atoms with Crippen LogP contribution in [-0.4, -0.2) is 11.8 Å². The van der Waals surface area contributed by atoms with Crippen molar-refractivity contribution >= 4 is 36.6 Å². The average molecular weight is 187 g/mol. The van der Waals surface area contributed by atoms with E-state index in [1.165, 1.54) is 0 Å². The number of hydrogen-bond acceptors (Lipinski definition) is 2. The van der Waals surface area contributed by atoms with Crippen LogP contribution < -0.4 is 11.5 Å². The molecule has 6 heteroatoms. The molecule has 0 aliphatic rings. The van der Waals surface area contributed by atoms with Gasteiger partial charge in [-0.25, -0.2) is 0 Å². The summed E-state index contributed by atoms with van der Waals surface area (Å²) in [6, 6.07) is 0. The lowest BCUT2D eigenvalue weighted by atomic mass is 10.5. The zero-order valence-corrected chi connectivity index (χ0v) is 6.58. The summed E-state index contributed by atoms with van der Waals surface area (Å²) in [6.07, 6.45) is 1.81. The Hall–Kier alpha value is -0.740. The van der Waals surface area contributed by atoms with Crippen molar-refractivity contribution < 1.29 is 9.59 Å². The molecule has 0 aromatic carbocycles. The van der Waals surface area contributed by atoms with Gasteiger partial charge in [0.1, 0.15) is 0 Å². The number of primary amides is 2. The molecule has 2 amide bonds. The van der Waals surface area contributed by atoms with Gasteiger partial charge in [-0.05, 0) is 0 Å². The molecule has 0 saturated carbocycles. The third kappa shape index (κ3) is 15.7. The summed E-state index contributed by atoms with van der Waals surface area (Å²) >= 11 is 0. The number of halogens is 2. The second-order valence-corrected chi connectivity index (χ2v) is 1.14. The maximum atomic E-state index is 9.83. The monoisotopic (exact) mass is 186 g/mol. The van der Waals surface area contributed by atoms with Crippen LogP contribution in [0.3, 0.4) is 0 Å². The molecular formula is C4H8Cl2N2O2. The molecule has 0 aromatic heterocycles. The minimum atomic E-state index is -0.677. The molecule has 0 aromatic rings. The minimum Gasteiger partial charge on any atom is -0.366 e. The Morgan fingerprint density at radius 2 is 1.10 bits per heavy atom. The molecule has 4 N–H and O–H groups in total. The molecule has 4 nitrogen and oxygen atoms in total. The second-order valence-electron chi connectivity index (χ2n) is 1.14. The molecule has 0 unspecified atom stereocenters. The van der Waals surface area contributed by atoms with Crippen molar-refractivity contribution in [1.29, 1.82) is 0 Å². The van der Waals surface area contributed by atoms with Gasteiger partial charge in [-0.15, -0.1) is 24.8 Å². The first-order valence-corrected chi connectivity index (χ1v) is 1.90. The average Bonchev–Trinajstić information content (AvgIpc) is 1.61. The third-order valence-corrected chi connectivity index (χ3v) is 0.412. The Balaban J connectivity index is -0.000000245. The van der Waals surface area contributed by atoms with Crippen LogP contribution in [0.25, 0.3) is 0 Å². The molecule has 0 aliphatic heterocycles. The summed E-state index contributed by atoms with van der Waals surface area (Å²) in [5.74, 6) is -1.35. The van der Waals surface area contributed by atoms with Gasteiger partial charge in [-0.2, -0.15) is 0 Å². The lowest BCUT2D eigenvalue weighted by molar-refractivity contribution is -0.115. The number of rotatable bonds is 2. The quantitative estimate of drug-likeness (QED) is 0.563. The standard InChI is InChI=1S/C4H6N2O2.2ClH/c5-3(7)1-2-4(6)8;;/h1-2H,(H2,5,7)(H2,6,8);2*1H/b2-1+;;. The Kier molecular flexibility index (Phi) is 13.3. The van der Waals surface area contributed by atoms with Crippen LogP contribution in [0.2, 0.25) is 0 Å². The van der Waals surface area contributed by atoms with Gasteiger partial charge in [0.05, 0.1) is 0 Å². The normalized spacial score (nSPS) is 7.60. The fourth-order valence-electron chi connectivity index (χ4n) is 0.164. The van der Waals surface area contributed by atoms with E-state index in [1.54, 1.807) is 0 Å². The van der Waals surface area contributed by atoms with Crippen molar-refractivity contribution in [3.05, 3.63) is 12.2 Å². The first-order valence-electron chi connectivity index (χ1n) is 1.90. The highest BCUT2D eigenvalue weighted by atomic mass is 35.5. The van der Waals surface area contributed by atoms with Crippen LogP contribution >= 0.6 is 24.8 Å². The lowest BCUT2D eigenvalue weighted by Crippen LogP contribution is -2.10. The molecule has 0 bridgehead atoms. The first kappa shape index (κ1) is 16.1. The molecule has 0 radical (unpaired) electrons. The molecular weight excluding hydrogens is 179 g/mol. The molecule has 60 valence electrons. The van der Waals surface area contributed by atoms with Gasteiger partial charge in [-0.3, -0.25) is 9.59 Å². The fourth-order valence-corrected chi connectivity index (χ4v) is 0.164. The number of carbonyl (C=O) groups excluding carboxylic acids is 2. The third-order valence-electron chi connectivity index (χ3n) is 0.412. The summed E-state index contributed by atoms with van der Waals surface area (Å²) in [6.45, 7) is 0. The van der Waals surface area contributed by atoms with E-state index >= 15 is 0 Å². The summed E-state index contributed by atoms with van der Waals surface area (Å²) in [4.78, 5) is 19.7. The van der Waals surface area contributed by atoms with Gasteiger partial charge in [0.25, 0.3) is 0 Å². The van der Waals surface area contributed by atoms with Crippen molar-refractivity contribution in [1.82, 2.24) is 0 Å². The molecule has 0 spiro atoms. The zero-order valence-electron chi connectivity index (χ0n) is 4.94. The maximum absolute atomic E-state index is 9.83. The van der Waals surface area contributed by atoms with Crippen molar-refractivity contribution in [2.75, 3.05) is 0 Å². The van der Waals surface area contributed by atoms with Crippen LogP contribution in [0.1, 0.15) is 0 Å². The molecule has 0 fully saturated rings. The number of nitrogens with two attached hydrogens (primary N) is 2. The van der Waals surface area contributed by atoms with E-state index < -0.39 is 11.8 Å². The molecule has 0 aliphatic carbocycles. The first-order chi connectivity index (χ1) is 3.63. The molecule has 0 rings (SSSR count).